The number of halogens is 1. The number of fused-ring (bicyclic) bond motifs is 2. The second-order valence-corrected chi connectivity index (χ2v) is 6.61. The van der Waals surface area contributed by atoms with Crippen molar-refractivity contribution in [2.45, 2.75) is 38.4 Å². The maximum absolute atomic E-state index is 12.0. The molecule has 3 nitrogen and oxygen atoms in total. The minimum Gasteiger partial charge on any atom is -0.299 e. The number of rotatable bonds is 2. The van der Waals surface area contributed by atoms with E-state index in [1.807, 2.05) is 50.3 Å². The minimum atomic E-state index is -0.564. The highest BCUT2D eigenvalue weighted by Crippen LogP contribution is 2.42. The monoisotopic (exact) mass is 306 g/mol. The number of hydrogen-bond acceptors (Lipinski definition) is 3. The Balaban J connectivity index is 1.78. The smallest absolute Gasteiger partial charge is 0.138 e. The van der Waals surface area contributed by atoms with E-state index < -0.39 is 5.60 Å². The van der Waals surface area contributed by atoms with Gasteiger partial charge in [-0.15, -0.1) is 0 Å². The number of ketones is 1. The number of carbonyl (C=O) groups is 1. The molecule has 1 saturated carbocycles. The number of carbonyl (C=O) groups excluding carboxylic acids is 1. The predicted molar refractivity (Wildman–Crippen MR) is 81.7 cm³/mol. The van der Waals surface area contributed by atoms with Gasteiger partial charge < -0.3 is 0 Å². The highest BCUT2D eigenvalue weighted by atomic mass is 35.5. The van der Waals surface area contributed by atoms with E-state index in [0.29, 0.717) is 11.4 Å². The molecular weight excluding hydrogens is 288 g/mol. The summed E-state index contributed by atoms with van der Waals surface area (Å²) in [7, 11) is 0. The Morgan fingerprint density at radius 1 is 1.33 bits per heavy atom. The van der Waals surface area contributed by atoms with Crippen molar-refractivity contribution in [3.8, 4) is 0 Å². The molecule has 1 saturated heterocycles. The van der Waals surface area contributed by atoms with E-state index in [-0.39, 0.29) is 23.7 Å². The molecule has 1 aromatic carbocycles. The van der Waals surface area contributed by atoms with E-state index in [0.717, 1.165) is 12.0 Å². The van der Waals surface area contributed by atoms with Gasteiger partial charge in [0.2, 0.25) is 0 Å². The third-order valence-electron chi connectivity index (χ3n) is 4.67. The summed E-state index contributed by atoms with van der Waals surface area (Å²) in [5, 5.41) is 0.713. The van der Waals surface area contributed by atoms with Gasteiger partial charge in [-0.2, -0.15) is 0 Å². The highest BCUT2D eigenvalue weighted by molar-refractivity contribution is 6.30. The third kappa shape index (κ3) is 2.91. The molecule has 0 unspecified atom stereocenters. The van der Waals surface area contributed by atoms with E-state index in [1.54, 1.807) is 0 Å². The normalized spacial score (nSPS) is 36.1. The Labute approximate surface area is 129 Å². The van der Waals surface area contributed by atoms with E-state index in [9.17, 15) is 4.79 Å². The van der Waals surface area contributed by atoms with Gasteiger partial charge in [-0.25, -0.2) is 9.78 Å². The highest BCUT2D eigenvalue weighted by Gasteiger charge is 2.48. The summed E-state index contributed by atoms with van der Waals surface area (Å²) >= 11 is 5.88. The first-order chi connectivity index (χ1) is 9.98. The molecule has 1 aromatic rings. The van der Waals surface area contributed by atoms with Crippen LogP contribution < -0.4 is 0 Å². The number of benzene rings is 1. The molecule has 2 bridgehead atoms. The van der Waals surface area contributed by atoms with Crippen molar-refractivity contribution in [3.63, 3.8) is 0 Å². The molecule has 0 aromatic heterocycles. The molecule has 112 valence electrons. The van der Waals surface area contributed by atoms with Crippen molar-refractivity contribution in [1.29, 1.82) is 0 Å². The Morgan fingerprint density at radius 3 is 2.76 bits per heavy atom. The standard InChI is InChI=1S/C17H19ClO3/c1-11-15(19)9-13-10-16(11)20-21-17(13,2)8-7-12-3-5-14(18)6-4-12/h3-8,11,13,16H,9-10H2,1-2H3/t11-,13+,16+,17+/m1/s1. The van der Waals surface area contributed by atoms with Crippen molar-refractivity contribution in [3.05, 3.63) is 40.9 Å². The average Bonchev–Trinajstić information content (AvgIpc) is 2.47. The van der Waals surface area contributed by atoms with Gasteiger partial charge in [0.05, 0.1) is 0 Å². The van der Waals surface area contributed by atoms with Crippen LogP contribution in [0.1, 0.15) is 32.3 Å². The predicted octanol–water partition coefficient (Wildman–Crippen LogP) is 4.06. The van der Waals surface area contributed by atoms with Gasteiger partial charge in [0, 0.05) is 23.3 Å². The van der Waals surface area contributed by atoms with Crippen LogP contribution in [0.3, 0.4) is 0 Å². The fourth-order valence-corrected chi connectivity index (χ4v) is 3.12. The Kier molecular flexibility index (Phi) is 3.91. The second kappa shape index (κ2) is 5.56. The van der Waals surface area contributed by atoms with Gasteiger partial charge in [-0.1, -0.05) is 36.7 Å². The lowest BCUT2D eigenvalue weighted by Gasteiger charge is -2.45. The molecule has 1 heterocycles. The summed E-state index contributed by atoms with van der Waals surface area (Å²) in [6.45, 7) is 3.89. The summed E-state index contributed by atoms with van der Waals surface area (Å²) in [6.07, 6.45) is 5.30. The molecule has 3 rings (SSSR count). The van der Waals surface area contributed by atoms with Gasteiger partial charge in [0.25, 0.3) is 0 Å². The van der Waals surface area contributed by atoms with Crippen LogP contribution in [0.25, 0.3) is 6.08 Å². The van der Waals surface area contributed by atoms with E-state index in [4.69, 9.17) is 21.4 Å². The van der Waals surface area contributed by atoms with Gasteiger partial charge in [-0.3, -0.25) is 4.79 Å². The van der Waals surface area contributed by atoms with Gasteiger partial charge in [-0.05, 0) is 37.1 Å². The Bertz CT molecular complexity index is 566. The van der Waals surface area contributed by atoms with Crippen LogP contribution in [0, 0.1) is 11.8 Å². The fourth-order valence-electron chi connectivity index (χ4n) is 3.00. The summed E-state index contributed by atoms with van der Waals surface area (Å²) in [4.78, 5) is 23.1. The first kappa shape index (κ1) is 14.8. The molecule has 2 aliphatic rings. The summed E-state index contributed by atoms with van der Waals surface area (Å²) in [6, 6.07) is 7.60. The molecule has 4 heteroatoms. The average molecular weight is 307 g/mol. The Morgan fingerprint density at radius 2 is 2.05 bits per heavy atom. The molecule has 1 aliphatic heterocycles. The van der Waals surface area contributed by atoms with Crippen LogP contribution in [-0.2, 0) is 14.6 Å². The quantitative estimate of drug-likeness (QED) is 0.773. The number of Topliss-reactive ketones (excluding diaryl/α,β-unsaturated/α-hetero) is 1. The van der Waals surface area contributed by atoms with Gasteiger partial charge >= 0.3 is 0 Å². The van der Waals surface area contributed by atoms with Crippen molar-refractivity contribution in [2.75, 3.05) is 0 Å². The van der Waals surface area contributed by atoms with Crippen molar-refractivity contribution < 1.29 is 14.6 Å². The van der Waals surface area contributed by atoms with Crippen LogP contribution in [-0.4, -0.2) is 17.5 Å². The maximum Gasteiger partial charge on any atom is 0.138 e. The third-order valence-corrected chi connectivity index (χ3v) is 4.92. The van der Waals surface area contributed by atoms with Crippen LogP contribution in [0.5, 0.6) is 0 Å². The second-order valence-electron chi connectivity index (χ2n) is 6.18. The van der Waals surface area contributed by atoms with Crippen LogP contribution >= 0.6 is 11.6 Å². The van der Waals surface area contributed by atoms with Crippen LogP contribution in [0.2, 0.25) is 5.02 Å². The molecule has 0 spiro atoms. The van der Waals surface area contributed by atoms with E-state index >= 15 is 0 Å². The van der Waals surface area contributed by atoms with Crippen LogP contribution in [0.4, 0.5) is 0 Å². The minimum absolute atomic E-state index is 0.0638. The van der Waals surface area contributed by atoms with Crippen molar-refractivity contribution in [1.82, 2.24) is 0 Å². The molecule has 4 atom stereocenters. The first-order valence-corrected chi connectivity index (χ1v) is 7.68. The zero-order chi connectivity index (χ0) is 15.0. The van der Waals surface area contributed by atoms with Gasteiger partial charge in [0.15, 0.2) is 0 Å². The molecule has 0 radical (unpaired) electrons. The first-order valence-electron chi connectivity index (χ1n) is 7.30. The molecule has 21 heavy (non-hydrogen) atoms. The molecular formula is C17H19ClO3. The lowest BCUT2D eigenvalue weighted by atomic mass is 9.71. The largest absolute Gasteiger partial charge is 0.299 e. The van der Waals surface area contributed by atoms with E-state index in [2.05, 4.69) is 0 Å². The molecule has 0 amide bonds. The molecule has 1 aliphatic carbocycles. The lowest BCUT2D eigenvalue weighted by Crippen LogP contribution is -2.51. The summed E-state index contributed by atoms with van der Waals surface area (Å²) in [5.41, 5.74) is 0.480. The summed E-state index contributed by atoms with van der Waals surface area (Å²) in [5.74, 6) is 0.375. The lowest BCUT2D eigenvalue weighted by molar-refractivity contribution is -0.415. The molecule has 2 fully saturated rings. The number of hydrogen-bond donors (Lipinski definition) is 0. The van der Waals surface area contributed by atoms with Gasteiger partial charge in [0.1, 0.15) is 17.5 Å². The zero-order valence-electron chi connectivity index (χ0n) is 12.2. The molecule has 0 N–H and O–H groups in total. The topological polar surface area (TPSA) is 35.5 Å². The Hall–Kier alpha value is -1.16. The zero-order valence-corrected chi connectivity index (χ0v) is 13.0. The summed E-state index contributed by atoms with van der Waals surface area (Å²) < 4.78 is 0. The maximum atomic E-state index is 12.0. The SMILES string of the molecule is C[C@@H]1C(=O)C[C@H]2C[C@@H]1OO[C@@]2(C)C=Cc1ccc(Cl)cc1. The van der Waals surface area contributed by atoms with Crippen molar-refractivity contribution >= 4 is 23.5 Å². The van der Waals surface area contributed by atoms with Crippen molar-refractivity contribution in [2.24, 2.45) is 11.8 Å². The van der Waals surface area contributed by atoms with E-state index in [1.165, 1.54) is 0 Å². The fraction of sp³-hybridized carbons (Fsp3) is 0.471. The van der Waals surface area contributed by atoms with Crippen LogP contribution in [0.15, 0.2) is 30.3 Å².